The van der Waals surface area contributed by atoms with Gasteiger partial charge in [0.2, 0.25) is 0 Å². The minimum Gasteiger partial charge on any atom is -0.352 e. The van der Waals surface area contributed by atoms with Gasteiger partial charge in [0.25, 0.3) is 5.91 Å². The number of carbonyl (C=O) groups is 2. The van der Waals surface area contributed by atoms with Gasteiger partial charge in [-0.1, -0.05) is 35.9 Å². The van der Waals surface area contributed by atoms with E-state index in [1.54, 1.807) is 0 Å². The summed E-state index contributed by atoms with van der Waals surface area (Å²) in [6.45, 7) is 6.17. The molecule has 0 bridgehead atoms. The van der Waals surface area contributed by atoms with Gasteiger partial charge in [-0.3, -0.25) is 4.79 Å². The largest absolute Gasteiger partial charge is 0.352 e. The molecule has 0 unspecified atom stereocenters. The molecular weight excluding hydrogens is 350 g/mol. The molecule has 0 atom stereocenters. The highest BCUT2D eigenvalue weighted by Crippen LogP contribution is 2.21. The van der Waals surface area contributed by atoms with Crippen molar-refractivity contribution >= 4 is 17.6 Å². The van der Waals surface area contributed by atoms with Crippen LogP contribution in [0.4, 0.5) is 10.5 Å². The van der Waals surface area contributed by atoms with Crippen LogP contribution in [0.2, 0.25) is 0 Å². The highest BCUT2D eigenvalue weighted by Gasteiger charge is 2.23. The first-order valence-corrected chi connectivity index (χ1v) is 9.99. The third kappa shape index (κ3) is 5.35. The maximum Gasteiger partial charge on any atom is 0.321 e. The molecule has 0 aliphatic carbocycles. The monoisotopic (exact) mass is 379 g/mol. The number of hydrogen-bond acceptors (Lipinski definition) is 2. The van der Waals surface area contributed by atoms with E-state index in [1.165, 1.54) is 0 Å². The summed E-state index contributed by atoms with van der Waals surface area (Å²) in [7, 11) is 0. The number of nitrogens with zero attached hydrogens (tertiary/aromatic N) is 1. The summed E-state index contributed by atoms with van der Waals surface area (Å²) in [5.41, 5.74) is 3.73. The second kappa shape index (κ2) is 9.40. The van der Waals surface area contributed by atoms with E-state index < -0.39 is 0 Å². The lowest BCUT2D eigenvalue weighted by molar-refractivity contribution is 0.0949. The van der Waals surface area contributed by atoms with Crippen molar-refractivity contribution < 1.29 is 9.59 Å². The van der Waals surface area contributed by atoms with E-state index in [1.807, 2.05) is 67.3 Å². The van der Waals surface area contributed by atoms with Gasteiger partial charge in [-0.05, 0) is 62.8 Å². The summed E-state index contributed by atoms with van der Waals surface area (Å²) in [6, 6.07) is 15.4. The number of benzene rings is 2. The smallest absolute Gasteiger partial charge is 0.321 e. The molecule has 0 aromatic heterocycles. The van der Waals surface area contributed by atoms with Crippen molar-refractivity contribution in [2.45, 2.75) is 33.1 Å². The zero-order valence-corrected chi connectivity index (χ0v) is 16.7. The van der Waals surface area contributed by atoms with Crippen LogP contribution in [0.1, 0.15) is 40.7 Å². The lowest BCUT2D eigenvalue weighted by Crippen LogP contribution is -2.41. The van der Waals surface area contributed by atoms with Crippen LogP contribution in [0.5, 0.6) is 0 Å². The van der Waals surface area contributed by atoms with Crippen molar-refractivity contribution in [1.29, 1.82) is 0 Å². The van der Waals surface area contributed by atoms with Gasteiger partial charge in [0.1, 0.15) is 0 Å². The van der Waals surface area contributed by atoms with Gasteiger partial charge < -0.3 is 15.5 Å². The summed E-state index contributed by atoms with van der Waals surface area (Å²) in [6.07, 6.45) is 2.90. The number of rotatable bonds is 5. The zero-order chi connectivity index (χ0) is 19.9. The Morgan fingerprint density at radius 1 is 1.04 bits per heavy atom. The van der Waals surface area contributed by atoms with E-state index in [9.17, 15) is 9.59 Å². The fourth-order valence-corrected chi connectivity index (χ4v) is 3.61. The normalized spacial score (nSPS) is 14.6. The molecule has 5 heteroatoms. The van der Waals surface area contributed by atoms with Gasteiger partial charge in [0.05, 0.1) is 0 Å². The van der Waals surface area contributed by atoms with Crippen LogP contribution >= 0.6 is 0 Å². The van der Waals surface area contributed by atoms with Crippen LogP contribution < -0.4 is 10.6 Å². The van der Waals surface area contributed by atoms with E-state index in [0.29, 0.717) is 18.0 Å². The van der Waals surface area contributed by atoms with E-state index in [2.05, 4.69) is 10.6 Å². The highest BCUT2D eigenvalue weighted by atomic mass is 16.2. The van der Waals surface area contributed by atoms with E-state index >= 15 is 0 Å². The molecule has 1 fully saturated rings. The van der Waals surface area contributed by atoms with Gasteiger partial charge in [0.15, 0.2) is 0 Å². The van der Waals surface area contributed by atoms with Crippen molar-refractivity contribution in [1.82, 2.24) is 10.2 Å². The molecule has 1 heterocycles. The van der Waals surface area contributed by atoms with Gasteiger partial charge in [0, 0.05) is 30.9 Å². The summed E-state index contributed by atoms with van der Waals surface area (Å²) in [5.74, 6) is 0.527. The molecule has 2 aromatic rings. The fourth-order valence-electron chi connectivity index (χ4n) is 3.61. The van der Waals surface area contributed by atoms with Crippen LogP contribution in [-0.2, 0) is 0 Å². The second-order valence-electron chi connectivity index (χ2n) is 7.59. The molecule has 5 nitrogen and oxygen atoms in total. The van der Waals surface area contributed by atoms with Gasteiger partial charge in [-0.25, -0.2) is 4.79 Å². The number of amides is 3. The number of hydrogen-bond donors (Lipinski definition) is 2. The lowest BCUT2D eigenvalue weighted by atomic mass is 9.93. The average molecular weight is 380 g/mol. The quantitative estimate of drug-likeness (QED) is 0.810. The standard InChI is InChI=1S/C23H29N3O2/c1-17-6-5-8-20(16-17)22(27)24-13-10-19-11-14-26(15-12-19)23(28)25-21-9-4-3-7-18(21)2/h3-9,16,19H,10-15H2,1-2H3,(H,24,27)(H,25,28). The molecule has 0 radical (unpaired) electrons. The average Bonchev–Trinajstić information content (AvgIpc) is 2.70. The first-order chi connectivity index (χ1) is 13.5. The Morgan fingerprint density at radius 2 is 1.79 bits per heavy atom. The Bertz CT molecular complexity index is 826. The first kappa shape index (κ1) is 19.9. The summed E-state index contributed by atoms with van der Waals surface area (Å²) < 4.78 is 0. The summed E-state index contributed by atoms with van der Waals surface area (Å²) >= 11 is 0. The minimum atomic E-state index is -0.0273. The molecule has 2 aromatic carbocycles. The molecule has 1 aliphatic rings. The van der Waals surface area contributed by atoms with E-state index in [0.717, 1.165) is 49.2 Å². The Labute approximate surface area is 167 Å². The third-order valence-electron chi connectivity index (χ3n) is 5.41. The predicted octanol–water partition coefficient (Wildman–Crippen LogP) is 4.37. The van der Waals surface area contributed by atoms with Gasteiger partial charge in [-0.15, -0.1) is 0 Å². The third-order valence-corrected chi connectivity index (χ3v) is 5.41. The van der Waals surface area contributed by atoms with Crippen LogP contribution in [0.3, 0.4) is 0 Å². The number of anilines is 1. The number of aryl methyl sites for hydroxylation is 2. The predicted molar refractivity (Wildman–Crippen MR) is 113 cm³/mol. The number of likely N-dealkylation sites (tertiary alicyclic amines) is 1. The fraction of sp³-hybridized carbons (Fsp3) is 0.391. The summed E-state index contributed by atoms with van der Waals surface area (Å²) in [5, 5.41) is 6.02. The molecule has 1 aliphatic heterocycles. The van der Waals surface area contributed by atoms with Crippen LogP contribution in [0, 0.1) is 19.8 Å². The Morgan fingerprint density at radius 3 is 2.50 bits per heavy atom. The Hall–Kier alpha value is -2.82. The van der Waals surface area contributed by atoms with Crippen molar-refractivity contribution in [3.63, 3.8) is 0 Å². The number of urea groups is 1. The molecule has 0 spiro atoms. The van der Waals surface area contributed by atoms with Crippen LogP contribution in [0.25, 0.3) is 0 Å². The van der Waals surface area contributed by atoms with E-state index in [4.69, 9.17) is 0 Å². The molecule has 2 N–H and O–H groups in total. The Kier molecular flexibility index (Phi) is 6.69. The van der Waals surface area contributed by atoms with Crippen LogP contribution in [0.15, 0.2) is 48.5 Å². The van der Waals surface area contributed by atoms with Crippen molar-refractivity contribution in [2.24, 2.45) is 5.92 Å². The highest BCUT2D eigenvalue weighted by molar-refractivity contribution is 5.94. The molecule has 1 saturated heterocycles. The van der Waals surface area contributed by atoms with Crippen molar-refractivity contribution in [3.8, 4) is 0 Å². The Balaban J connectivity index is 1.39. The zero-order valence-electron chi connectivity index (χ0n) is 16.7. The van der Waals surface area contributed by atoms with Crippen molar-refractivity contribution in [2.75, 3.05) is 25.0 Å². The van der Waals surface area contributed by atoms with Crippen molar-refractivity contribution in [3.05, 3.63) is 65.2 Å². The molecule has 28 heavy (non-hydrogen) atoms. The van der Waals surface area contributed by atoms with Gasteiger partial charge >= 0.3 is 6.03 Å². The molecular formula is C23H29N3O2. The lowest BCUT2D eigenvalue weighted by Gasteiger charge is -2.32. The minimum absolute atomic E-state index is 0.0151. The molecule has 3 amide bonds. The SMILES string of the molecule is Cc1cccc(C(=O)NCCC2CCN(C(=O)Nc3ccccc3C)CC2)c1. The van der Waals surface area contributed by atoms with Gasteiger partial charge in [-0.2, -0.15) is 0 Å². The topological polar surface area (TPSA) is 61.4 Å². The maximum atomic E-state index is 12.5. The molecule has 0 saturated carbocycles. The number of nitrogens with one attached hydrogen (secondary N) is 2. The number of carbonyl (C=O) groups excluding carboxylic acids is 2. The van der Waals surface area contributed by atoms with E-state index in [-0.39, 0.29) is 11.9 Å². The maximum absolute atomic E-state index is 12.5. The second-order valence-corrected chi connectivity index (χ2v) is 7.59. The number of piperidine rings is 1. The molecule has 3 rings (SSSR count). The summed E-state index contributed by atoms with van der Waals surface area (Å²) in [4.78, 5) is 26.6. The first-order valence-electron chi connectivity index (χ1n) is 9.99. The van der Waals surface area contributed by atoms with Crippen LogP contribution in [-0.4, -0.2) is 36.5 Å². The number of para-hydroxylation sites is 1. The molecule has 148 valence electrons.